The van der Waals surface area contributed by atoms with Gasteiger partial charge in [0.25, 0.3) is 0 Å². The van der Waals surface area contributed by atoms with E-state index in [2.05, 4.69) is 41.4 Å². The molecule has 1 aromatic rings. The van der Waals surface area contributed by atoms with Crippen LogP contribution < -0.4 is 10.2 Å². The Balaban J connectivity index is 1.52. The first-order valence-electron chi connectivity index (χ1n) is 8.94. The zero-order valence-electron chi connectivity index (χ0n) is 14.6. The molecule has 1 N–H and O–H groups in total. The third-order valence-electron chi connectivity index (χ3n) is 5.26. The molecule has 0 radical (unpaired) electrons. The van der Waals surface area contributed by atoms with Gasteiger partial charge in [-0.2, -0.15) is 0 Å². The van der Waals surface area contributed by atoms with Gasteiger partial charge in [-0.25, -0.2) is 0 Å². The predicted octanol–water partition coefficient (Wildman–Crippen LogP) is 1.81. The normalized spacial score (nSPS) is 21.3. The Bertz CT molecular complexity index is 616. The van der Waals surface area contributed by atoms with Crippen molar-refractivity contribution in [3.8, 4) is 0 Å². The lowest BCUT2D eigenvalue weighted by Crippen LogP contribution is -2.47. The van der Waals surface area contributed by atoms with Crippen molar-refractivity contribution in [2.24, 2.45) is 5.92 Å². The summed E-state index contributed by atoms with van der Waals surface area (Å²) in [4.78, 5) is 28.1. The first-order valence-corrected chi connectivity index (χ1v) is 8.94. The van der Waals surface area contributed by atoms with Gasteiger partial charge in [-0.3, -0.25) is 9.59 Å². The van der Waals surface area contributed by atoms with Crippen molar-refractivity contribution in [3.05, 3.63) is 29.8 Å². The fourth-order valence-electron chi connectivity index (χ4n) is 3.80. The van der Waals surface area contributed by atoms with Gasteiger partial charge in [-0.1, -0.05) is 18.2 Å². The number of hydrogen-bond acceptors (Lipinski definition) is 3. The minimum absolute atomic E-state index is 0.0644. The van der Waals surface area contributed by atoms with Crippen molar-refractivity contribution in [2.75, 3.05) is 31.1 Å². The molecule has 1 fully saturated rings. The molecule has 2 aliphatic rings. The van der Waals surface area contributed by atoms with Crippen LogP contribution in [0.25, 0.3) is 0 Å². The first-order chi connectivity index (χ1) is 11.6. The molecule has 24 heavy (non-hydrogen) atoms. The third-order valence-corrected chi connectivity index (χ3v) is 5.26. The average Bonchev–Trinajstić information content (AvgIpc) is 3.03. The molecule has 5 nitrogen and oxygen atoms in total. The van der Waals surface area contributed by atoms with E-state index in [1.54, 1.807) is 11.8 Å². The largest absolute Gasteiger partial charge is 0.366 e. The van der Waals surface area contributed by atoms with Crippen LogP contribution in [0.4, 0.5) is 5.69 Å². The highest BCUT2D eigenvalue weighted by Crippen LogP contribution is 2.29. The van der Waals surface area contributed by atoms with E-state index in [1.807, 2.05) is 0 Å². The molecule has 0 saturated carbocycles. The first kappa shape index (κ1) is 16.8. The van der Waals surface area contributed by atoms with Crippen LogP contribution in [0.3, 0.4) is 0 Å². The summed E-state index contributed by atoms with van der Waals surface area (Å²) in [6, 6.07) is 8.76. The van der Waals surface area contributed by atoms with Gasteiger partial charge in [0.2, 0.25) is 11.8 Å². The van der Waals surface area contributed by atoms with E-state index in [1.165, 1.54) is 11.3 Å². The number of nitrogens with one attached hydrogen (secondary N) is 1. The fraction of sp³-hybridized carbons (Fsp3) is 0.579. The third kappa shape index (κ3) is 3.55. The van der Waals surface area contributed by atoms with Gasteiger partial charge in [0.15, 0.2) is 0 Å². The van der Waals surface area contributed by atoms with Crippen molar-refractivity contribution in [1.29, 1.82) is 0 Å². The highest BCUT2D eigenvalue weighted by Gasteiger charge is 2.28. The number of rotatable bonds is 4. The van der Waals surface area contributed by atoms with E-state index in [9.17, 15) is 9.59 Å². The maximum Gasteiger partial charge on any atom is 0.224 e. The number of fused-ring (bicyclic) bond motifs is 1. The number of hydrogen-bond donors (Lipinski definition) is 1. The summed E-state index contributed by atoms with van der Waals surface area (Å²) in [5.74, 6) is 0.0792. The summed E-state index contributed by atoms with van der Waals surface area (Å²) in [5.41, 5.74) is 2.68. The predicted molar refractivity (Wildman–Crippen MR) is 94.9 cm³/mol. The molecule has 130 valence electrons. The van der Waals surface area contributed by atoms with Crippen LogP contribution in [0.5, 0.6) is 0 Å². The smallest absolute Gasteiger partial charge is 0.224 e. The van der Waals surface area contributed by atoms with Gasteiger partial charge in [-0.05, 0) is 37.8 Å². The summed E-state index contributed by atoms with van der Waals surface area (Å²) in [6.45, 7) is 6.72. The molecule has 0 aliphatic carbocycles. The lowest BCUT2D eigenvalue weighted by Gasteiger charge is -2.32. The second kappa shape index (κ2) is 7.24. The number of piperidine rings is 1. The van der Waals surface area contributed by atoms with Crippen molar-refractivity contribution in [1.82, 2.24) is 10.2 Å². The van der Waals surface area contributed by atoms with E-state index in [0.29, 0.717) is 13.1 Å². The van der Waals surface area contributed by atoms with Crippen molar-refractivity contribution < 1.29 is 9.59 Å². The Morgan fingerprint density at radius 3 is 2.88 bits per heavy atom. The second-order valence-electron chi connectivity index (χ2n) is 6.97. The second-order valence-corrected chi connectivity index (χ2v) is 6.97. The minimum Gasteiger partial charge on any atom is -0.366 e. The van der Waals surface area contributed by atoms with Crippen LogP contribution >= 0.6 is 0 Å². The lowest BCUT2D eigenvalue weighted by atomic mass is 9.97. The summed E-state index contributed by atoms with van der Waals surface area (Å²) in [6.07, 6.45) is 2.86. The number of para-hydroxylation sites is 1. The van der Waals surface area contributed by atoms with Gasteiger partial charge in [-0.15, -0.1) is 0 Å². The molecule has 1 aromatic carbocycles. The highest BCUT2D eigenvalue weighted by atomic mass is 16.2. The van der Waals surface area contributed by atoms with Crippen molar-refractivity contribution >= 4 is 17.5 Å². The molecule has 2 atom stereocenters. The van der Waals surface area contributed by atoms with Gasteiger partial charge in [0.05, 0.1) is 5.92 Å². The molecule has 5 heteroatoms. The number of carbonyl (C=O) groups excluding carboxylic acids is 2. The van der Waals surface area contributed by atoms with Crippen LogP contribution in [0.15, 0.2) is 24.3 Å². The summed E-state index contributed by atoms with van der Waals surface area (Å²) < 4.78 is 0. The maximum atomic E-state index is 12.5. The Morgan fingerprint density at radius 2 is 2.08 bits per heavy atom. The Morgan fingerprint density at radius 1 is 1.29 bits per heavy atom. The fourth-order valence-corrected chi connectivity index (χ4v) is 3.80. The van der Waals surface area contributed by atoms with E-state index in [4.69, 9.17) is 0 Å². The number of benzene rings is 1. The van der Waals surface area contributed by atoms with Crippen LogP contribution in [0.2, 0.25) is 0 Å². The molecule has 0 unspecified atom stereocenters. The van der Waals surface area contributed by atoms with E-state index in [0.717, 1.165) is 32.4 Å². The minimum atomic E-state index is -0.0688. The van der Waals surface area contributed by atoms with E-state index < -0.39 is 0 Å². The van der Waals surface area contributed by atoms with Crippen molar-refractivity contribution in [3.63, 3.8) is 0 Å². The molecule has 0 aromatic heterocycles. The molecule has 2 aliphatic heterocycles. The van der Waals surface area contributed by atoms with E-state index in [-0.39, 0.29) is 23.8 Å². The Labute approximate surface area is 144 Å². The standard InChI is InChI=1S/C19H27N3O2/c1-14(22-11-9-16-6-3-4-8-18(16)22)12-20-19(24)17-7-5-10-21(13-17)15(2)23/h3-4,6,8,14,17H,5,7,9-13H2,1-2H3,(H,20,24)/t14-,17-/m0/s1. The van der Waals surface area contributed by atoms with E-state index >= 15 is 0 Å². The van der Waals surface area contributed by atoms with Crippen LogP contribution in [0.1, 0.15) is 32.3 Å². The van der Waals surface area contributed by atoms with Gasteiger partial charge in [0.1, 0.15) is 0 Å². The Hall–Kier alpha value is -2.04. The number of likely N-dealkylation sites (tertiary alicyclic amines) is 1. The van der Waals surface area contributed by atoms with Gasteiger partial charge < -0.3 is 15.1 Å². The number of carbonyl (C=O) groups is 2. The van der Waals surface area contributed by atoms with Crippen LogP contribution in [-0.4, -0.2) is 48.9 Å². The Kier molecular flexibility index (Phi) is 5.07. The summed E-state index contributed by atoms with van der Waals surface area (Å²) >= 11 is 0. The molecular weight excluding hydrogens is 302 g/mol. The lowest BCUT2D eigenvalue weighted by molar-refractivity contribution is -0.133. The summed E-state index contributed by atoms with van der Waals surface area (Å²) in [5, 5.41) is 3.10. The molecule has 3 rings (SSSR count). The zero-order chi connectivity index (χ0) is 17.1. The molecule has 0 spiro atoms. The molecular formula is C19H27N3O2. The quantitative estimate of drug-likeness (QED) is 0.917. The van der Waals surface area contributed by atoms with Gasteiger partial charge >= 0.3 is 0 Å². The average molecular weight is 329 g/mol. The topological polar surface area (TPSA) is 52.7 Å². The van der Waals surface area contributed by atoms with Crippen molar-refractivity contribution in [2.45, 2.75) is 39.2 Å². The van der Waals surface area contributed by atoms with Crippen LogP contribution in [0, 0.1) is 5.92 Å². The number of anilines is 1. The molecule has 1 saturated heterocycles. The molecule has 0 bridgehead atoms. The van der Waals surface area contributed by atoms with Crippen LogP contribution in [-0.2, 0) is 16.0 Å². The summed E-state index contributed by atoms with van der Waals surface area (Å²) in [7, 11) is 0. The maximum absolute atomic E-state index is 12.5. The molecule has 2 heterocycles. The number of nitrogens with zero attached hydrogens (tertiary/aromatic N) is 2. The molecule has 2 amide bonds. The number of amides is 2. The SMILES string of the molecule is CC(=O)N1CCC[C@H](C(=O)NC[C@H](C)N2CCc3ccccc32)C1. The van der Waals surface area contributed by atoms with Gasteiger partial charge in [0, 0.05) is 44.8 Å². The highest BCUT2D eigenvalue weighted by molar-refractivity contribution is 5.80. The zero-order valence-corrected chi connectivity index (χ0v) is 14.6. The monoisotopic (exact) mass is 329 g/mol.